The molecule has 0 aromatic heterocycles. The van der Waals surface area contributed by atoms with Gasteiger partial charge in [-0.15, -0.1) is 0 Å². The van der Waals surface area contributed by atoms with E-state index in [0.717, 1.165) is 0 Å². The summed E-state index contributed by atoms with van der Waals surface area (Å²) >= 11 is 0. The molecule has 1 rings (SSSR count). The Labute approximate surface area is 118 Å². The highest BCUT2D eigenvalue weighted by Gasteiger charge is 2.06. The molecular formula is C10H18O8S2. The maximum absolute atomic E-state index is 10.5. The molecule has 10 heteroatoms. The Bertz CT molecular complexity index is 463. The van der Waals surface area contributed by atoms with Gasteiger partial charge in [0.2, 0.25) is 0 Å². The van der Waals surface area contributed by atoms with E-state index in [1.54, 1.807) is 0 Å². The lowest BCUT2D eigenvalue weighted by Crippen LogP contribution is -2.15. The van der Waals surface area contributed by atoms with Crippen molar-refractivity contribution in [3.05, 3.63) is 36.4 Å². The van der Waals surface area contributed by atoms with Crippen LogP contribution in [0.4, 0.5) is 0 Å². The fourth-order valence-corrected chi connectivity index (χ4v) is 1.53. The van der Waals surface area contributed by atoms with Crippen molar-refractivity contribution in [2.75, 3.05) is 24.7 Å². The van der Waals surface area contributed by atoms with Gasteiger partial charge < -0.3 is 10.2 Å². The number of aliphatic hydroxyl groups is 2. The lowest BCUT2D eigenvalue weighted by Gasteiger charge is -1.96. The van der Waals surface area contributed by atoms with Crippen LogP contribution < -0.4 is 0 Å². The zero-order valence-electron chi connectivity index (χ0n) is 10.5. The monoisotopic (exact) mass is 330 g/mol. The Balaban J connectivity index is 0. The molecule has 1 aromatic carbocycles. The van der Waals surface area contributed by atoms with Gasteiger partial charge in [0.15, 0.2) is 9.84 Å². The molecule has 20 heavy (non-hydrogen) atoms. The first kappa shape index (κ1) is 21.3. The average molecular weight is 330 g/mol. The van der Waals surface area contributed by atoms with Gasteiger partial charge in [0.25, 0.3) is 0 Å². The van der Waals surface area contributed by atoms with Crippen molar-refractivity contribution < 1.29 is 36.2 Å². The fourth-order valence-electron chi connectivity index (χ4n) is 0.765. The number of hydrogen-bond acceptors (Lipinski definition) is 6. The smallest absolute Gasteiger partial charge is 0.394 e. The fraction of sp³-hybridized carbons (Fsp3) is 0.400. The predicted octanol–water partition coefficient (Wildman–Crippen LogP) is -0.580. The second-order valence-electron chi connectivity index (χ2n) is 3.20. The normalized spacial score (nSPS) is 10.6. The molecule has 0 aliphatic rings. The van der Waals surface area contributed by atoms with Crippen molar-refractivity contribution >= 4 is 20.2 Å². The Morgan fingerprint density at radius 3 is 1.00 bits per heavy atom. The average Bonchev–Trinajstić information content (AvgIpc) is 2.29. The summed E-state index contributed by atoms with van der Waals surface area (Å²) in [5.74, 6) is -0.513. The summed E-state index contributed by atoms with van der Waals surface area (Å²) in [5, 5.41) is 16.3. The quantitative estimate of drug-likeness (QED) is 0.536. The van der Waals surface area contributed by atoms with Gasteiger partial charge in [0, 0.05) is 0 Å². The summed E-state index contributed by atoms with van der Waals surface area (Å²) in [6.45, 7) is -0.745. The van der Waals surface area contributed by atoms with Gasteiger partial charge in [-0.3, -0.25) is 9.11 Å². The minimum atomic E-state index is -4.67. The molecular weight excluding hydrogens is 312 g/mol. The van der Waals surface area contributed by atoms with Crippen molar-refractivity contribution in [2.24, 2.45) is 0 Å². The molecule has 0 saturated carbocycles. The third-order valence-electron chi connectivity index (χ3n) is 1.47. The molecule has 0 spiro atoms. The first-order chi connectivity index (χ1) is 9.12. The van der Waals surface area contributed by atoms with Gasteiger partial charge in [-0.1, -0.05) is 36.4 Å². The van der Waals surface area contributed by atoms with Crippen LogP contribution >= 0.6 is 0 Å². The van der Waals surface area contributed by atoms with Crippen molar-refractivity contribution in [3.8, 4) is 0 Å². The van der Waals surface area contributed by atoms with E-state index in [1.165, 1.54) is 0 Å². The Morgan fingerprint density at radius 1 is 0.650 bits per heavy atom. The van der Waals surface area contributed by atoms with Crippen LogP contribution in [-0.2, 0) is 20.2 Å². The third-order valence-corrected chi connectivity index (χ3v) is 3.08. The third kappa shape index (κ3) is 25.7. The van der Waals surface area contributed by atoms with Crippen LogP contribution in [0.5, 0.6) is 0 Å². The standard InChI is InChI=1S/C6H6.C4H10O4S.H2O4S/c1-2-4-6-5-3-1;5-1-3-9(7,8)4-2-6;1-5(2,3)4/h1-6H;5-6H,1-4H2;(H2,1,2,3,4). The zero-order valence-corrected chi connectivity index (χ0v) is 12.2. The molecule has 0 aliphatic carbocycles. The van der Waals surface area contributed by atoms with Crippen LogP contribution in [0, 0.1) is 0 Å². The van der Waals surface area contributed by atoms with Crippen molar-refractivity contribution in [3.63, 3.8) is 0 Å². The van der Waals surface area contributed by atoms with E-state index in [4.69, 9.17) is 27.7 Å². The summed E-state index contributed by atoms with van der Waals surface area (Å²) < 4.78 is 52.6. The van der Waals surface area contributed by atoms with E-state index in [-0.39, 0.29) is 24.7 Å². The maximum atomic E-state index is 10.5. The summed E-state index contributed by atoms with van der Waals surface area (Å²) in [4.78, 5) is 0. The minimum Gasteiger partial charge on any atom is -0.395 e. The molecule has 0 radical (unpaired) electrons. The molecule has 4 N–H and O–H groups in total. The van der Waals surface area contributed by atoms with Crippen LogP contribution in [0.25, 0.3) is 0 Å². The van der Waals surface area contributed by atoms with Gasteiger partial charge in [0.05, 0.1) is 24.7 Å². The molecule has 8 nitrogen and oxygen atoms in total. The summed E-state index contributed by atoms with van der Waals surface area (Å²) in [6, 6.07) is 12.0. The molecule has 0 atom stereocenters. The molecule has 0 heterocycles. The summed E-state index contributed by atoms with van der Waals surface area (Å²) in [7, 11) is -7.85. The molecule has 0 amide bonds. The molecule has 0 saturated heterocycles. The van der Waals surface area contributed by atoms with Crippen LogP contribution in [0.3, 0.4) is 0 Å². The Kier molecular flexibility index (Phi) is 12.5. The molecule has 1 aromatic rings. The Hall–Kier alpha value is -1.04. The highest BCUT2D eigenvalue weighted by molar-refractivity contribution is 7.91. The van der Waals surface area contributed by atoms with Gasteiger partial charge in [-0.2, -0.15) is 8.42 Å². The topological polar surface area (TPSA) is 149 Å². The minimum absolute atomic E-state index is 0.256. The van der Waals surface area contributed by atoms with Gasteiger partial charge in [-0.25, -0.2) is 8.42 Å². The van der Waals surface area contributed by atoms with Gasteiger partial charge in [0.1, 0.15) is 0 Å². The van der Waals surface area contributed by atoms with Crippen LogP contribution in [-0.4, -0.2) is 60.9 Å². The number of rotatable bonds is 4. The number of hydrogen-bond donors (Lipinski definition) is 4. The number of benzene rings is 1. The first-order valence-electron chi connectivity index (χ1n) is 5.24. The Morgan fingerprint density at radius 2 is 0.850 bits per heavy atom. The summed E-state index contributed by atoms with van der Waals surface area (Å²) in [6.07, 6.45) is 0. The molecule has 0 aliphatic heterocycles. The van der Waals surface area contributed by atoms with E-state index in [1.807, 2.05) is 36.4 Å². The van der Waals surface area contributed by atoms with E-state index < -0.39 is 20.2 Å². The van der Waals surface area contributed by atoms with Gasteiger partial charge >= 0.3 is 10.4 Å². The van der Waals surface area contributed by atoms with Crippen LogP contribution in [0.1, 0.15) is 0 Å². The van der Waals surface area contributed by atoms with E-state index in [2.05, 4.69) is 0 Å². The lowest BCUT2D eigenvalue weighted by atomic mass is 10.4. The molecule has 0 fully saturated rings. The summed E-state index contributed by atoms with van der Waals surface area (Å²) in [5.41, 5.74) is 0. The van der Waals surface area contributed by atoms with Crippen LogP contribution in [0.15, 0.2) is 36.4 Å². The van der Waals surface area contributed by atoms with Crippen molar-refractivity contribution in [2.45, 2.75) is 0 Å². The highest BCUT2D eigenvalue weighted by atomic mass is 32.3. The molecule has 0 unspecified atom stereocenters. The van der Waals surface area contributed by atoms with Crippen molar-refractivity contribution in [1.82, 2.24) is 0 Å². The maximum Gasteiger partial charge on any atom is 0.394 e. The van der Waals surface area contributed by atoms with Crippen LogP contribution in [0.2, 0.25) is 0 Å². The van der Waals surface area contributed by atoms with Gasteiger partial charge in [-0.05, 0) is 0 Å². The second-order valence-corrected chi connectivity index (χ2v) is 6.40. The lowest BCUT2D eigenvalue weighted by molar-refractivity contribution is 0.312. The largest absolute Gasteiger partial charge is 0.395 e. The number of sulfone groups is 1. The zero-order chi connectivity index (χ0) is 16.1. The predicted molar refractivity (Wildman–Crippen MR) is 73.4 cm³/mol. The SMILES string of the molecule is O=S(=O)(CCO)CCO.O=S(=O)(O)O.c1ccccc1. The molecule has 0 bridgehead atoms. The highest BCUT2D eigenvalue weighted by Crippen LogP contribution is 1.86. The second kappa shape index (κ2) is 11.8. The van der Waals surface area contributed by atoms with Crippen molar-refractivity contribution in [1.29, 1.82) is 0 Å². The van der Waals surface area contributed by atoms with E-state index >= 15 is 0 Å². The first-order valence-corrected chi connectivity index (χ1v) is 8.46. The molecule has 118 valence electrons. The number of aliphatic hydroxyl groups excluding tert-OH is 2. The van der Waals surface area contributed by atoms with E-state index in [9.17, 15) is 8.42 Å². The van der Waals surface area contributed by atoms with E-state index in [0.29, 0.717) is 0 Å².